The summed E-state index contributed by atoms with van der Waals surface area (Å²) in [5, 5.41) is 9.80. The van der Waals surface area contributed by atoms with Crippen molar-refractivity contribution in [3.05, 3.63) is 11.8 Å². The summed E-state index contributed by atoms with van der Waals surface area (Å²) in [4.78, 5) is 0. The molecule has 0 fully saturated rings. The molecule has 0 saturated carbocycles. The van der Waals surface area contributed by atoms with Gasteiger partial charge in [0.1, 0.15) is 0 Å². The van der Waals surface area contributed by atoms with Crippen molar-refractivity contribution in [2.24, 2.45) is 5.92 Å². The molecule has 1 aliphatic rings. The minimum atomic E-state index is 0.633. The van der Waals surface area contributed by atoms with Gasteiger partial charge in [0.25, 0.3) is 0 Å². The van der Waals surface area contributed by atoms with Crippen LogP contribution in [0.15, 0.2) is 11.8 Å². The first-order valence-corrected chi connectivity index (χ1v) is 8.17. The molecule has 1 atom stereocenters. The molecule has 1 rings (SSSR count). The second kappa shape index (κ2) is 10.5. The van der Waals surface area contributed by atoms with Crippen LogP contribution in [0.4, 0.5) is 0 Å². The average Bonchev–Trinajstić information content (AvgIpc) is 2.36. The monoisotopic (exact) mass is 252 g/mol. The second-order valence-corrected chi connectivity index (χ2v) is 6.11. The van der Waals surface area contributed by atoms with Crippen LogP contribution in [-0.2, 0) is 0 Å². The quantitative estimate of drug-likeness (QED) is 0.548. The fraction of sp³-hybridized carbons (Fsp3) is 0.882. The van der Waals surface area contributed by atoms with E-state index in [9.17, 15) is 5.11 Å². The van der Waals surface area contributed by atoms with E-state index in [0.29, 0.717) is 5.76 Å². The van der Waals surface area contributed by atoms with Crippen molar-refractivity contribution in [1.29, 1.82) is 0 Å². The van der Waals surface area contributed by atoms with E-state index in [1.54, 1.807) is 0 Å². The van der Waals surface area contributed by atoms with Crippen LogP contribution in [0.1, 0.15) is 90.4 Å². The fourth-order valence-corrected chi connectivity index (χ4v) is 2.77. The van der Waals surface area contributed by atoms with E-state index >= 15 is 0 Å². The summed E-state index contributed by atoms with van der Waals surface area (Å²) < 4.78 is 0. The highest BCUT2D eigenvalue weighted by atomic mass is 16.3. The van der Waals surface area contributed by atoms with Crippen LogP contribution in [-0.4, -0.2) is 5.11 Å². The van der Waals surface area contributed by atoms with Gasteiger partial charge in [-0.15, -0.1) is 0 Å². The maximum atomic E-state index is 9.80. The number of aliphatic hydroxyl groups excluding tert-OH is 1. The van der Waals surface area contributed by atoms with Crippen molar-refractivity contribution < 1.29 is 5.11 Å². The van der Waals surface area contributed by atoms with Gasteiger partial charge < -0.3 is 5.11 Å². The maximum absolute atomic E-state index is 9.80. The molecular formula is C17H32O. The van der Waals surface area contributed by atoms with E-state index in [4.69, 9.17) is 0 Å². The molecule has 0 bridgehead atoms. The minimum Gasteiger partial charge on any atom is -0.513 e. The Morgan fingerprint density at radius 1 is 0.833 bits per heavy atom. The zero-order chi connectivity index (χ0) is 13.1. The third-order valence-electron chi connectivity index (χ3n) is 4.14. The fourth-order valence-electron chi connectivity index (χ4n) is 2.77. The van der Waals surface area contributed by atoms with Gasteiger partial charge in [0, 0.05) is 6.42 Å². The Morgan fingerprint density at radius 3 is 1.94 bits per heavy atom. The highest BCUT2D eigenvalue weighted by molar-refractivity contribution is 4.91. The molecule has 1 aliphatic carbocycles. The Kier molecular flexibility index (Phi) is 9.06. The van der Waals surface area contributed by atoms with Crippen LogP contribution in [0.3, 0.4) is 0 Å². The summed E-state index contributed by atoms with van der Waals surface area (Å²) in [6.07, 6.45) is 19.0. The topological polar surface area (TPSA) is 20.2 Å². The van der Waals surface area contributed by atoms with Crippen LogP contribution < -0.4 is 0 Å². The lowest BCUT2D eigenvalue weighted by Crippen LogP contribution is -1.95. The van der Waals surface area contributed by atoms with Gasteiger partial charge in [-0.25, -0.2) is 0 Å². The van der Waals surface area contributed by atoms with Crippen LogP contribution in [0.2, 0.25) is 0 Å². The average molecular weight is 252 g/mol. The number of aliphatic hydroxyl groups is 1. The van der Waals surface area contributed by atoms with Gasteiger partial charge in [-0.05, 0) is 24.8 Å². The summed E-state index contributed by atoms with van der Waals surface area (Å²) in [7, 11) is 0. The first-order valence-electron chi connectivity index (χ1n) is 8.17. The van der Waals surface area contributed by atoms with Crippen LogP contribution in [0.25, 0.3) is 0 Å². The molecule has 0 aromatic carbocycles. The summed E-state index contributed by atoms with van der Waals surface area (Å²) in [6.45, 7) is 2.31. The molecule has 0 radical (unpaired) electrons. The molecule has 1 N–H and O–H groups in total. The standard InChI is InChI=1S/C17H32O/c1-16-12-10-8-6-4-2-3-5-7-9-11-13-17(18)15-14-16/h15-16,18H,2-14H2,1H3/b17-15+. The van der Waals surface area contributed by atoms with Crippen LogP contribution in [0, 0.1) is 5.92 Å². The highest BCUT2D eigenvalue weighted by Crippen LogP contribution is 2.18. The third-order valence-corrected chi connectivity index (χ3v) is 4.14. The number of allylic oxidation sites excluding steroid dienone is 2. The zero-order valence-electron chi connectivity index (χ0n) is 12.3. The van der Waals surface area contributed by atoms with Gasteiger partial charge in [0.05, 0.1) is 5.76 Å². The van der Waals surface area contributed by atoms with Crippen molar-refractivity contribution in [3.63, 3.8) is 0 Å². The van der Waals surface area contributed by atoms with Crippen LogP contribution >= 0.6 is 0 Å². The van der Waals surface area contributed by atoms with Crippen molar-refractivity contribution >= 4 is 0 Å². The van der Waals surface area contributed by atoms with Crippen molar-refractivity contribution in [2.75, 3.05) is 0 Å². The van der Waals surface area contributed by atoms with Crippen molar-refractivity contribution in [2.45, 2.75) is 90.4 Å². The Balaban J connectivity index is 2.28. The van der Waals surface area contributed by atoms with Crippen molar-refractivity contribution in [1.82, 2.24) is 0 Å². The summed E-state index contributed by atoms with van der Waals surface area (Å²) in [5.41, 5.74) is 0. The predicted molar refractivity (Wildman–Crippen MR) is 79.9 cm³/mol. The maximum Gasteiger partial charge on any atom is 0.0882 e. The van der Waals surface area contributed by atoms with E-state index in [1.807, 2.05) is 0 Å². The number of hydrogen-bond donors (Lipinski definition) is 1. The summed E-state index contributed by atoms with van der Waals surface area (Å²) >= 11 is 0. The second-order valence-electron chi connectivity index (χ2n) is 6.11. The van der Waals surface area contributed by atoms with Crippen molar-refractivity contribution in [3.8, 4) is 0 Å². The highest BCUT2D eigenvalue weighted by Gasteiger charge is 2.02. The van der Waals surface area contributed by atoms with E-state index < -0.39 is 0 Å². The van der Waals surface area contributed by atoms with E-state index in [1.165, 1.54) is 64.2 Å². The van der Waals surface area contributed by atoms with E-state index in [0.717, 1.165) is 25.2 Å². The first kappa shape index (κ1) is 15.6. The van der Waals surface area contributed by atoms with Crippen LogP contribution in [0.5, 0.6) is 0 Å². The zero-order valence-corrected chi connectivity index (χ0v) is 12.3. The number of hydrogen-bond acceptors (Lipinski definition) is 1. The predicted octanol–water partition coefficient (Wildman–Crippen LogP) is 6.15. The van der Waals surface area contributed by atoms with E-state index in [-0.39, 0.29) is 0 Å². The largest absolute Gasteiger partial charge is 0.513 e. The van der Waals surface area contributed by atoms with Gasteiger partial charge in [-0.1, -0.05) is 71.1 Å². The normalized spacial score (nSPS) is 29.4. The van der Waals surface area contributed by atoms with Gasteiger partial charge >= 0.3 is 0 Å². The molecule has 1 nitrogen and oxygen atoms in total. The lowest BCUT2D eigenvalue weighted by molar-refractivity contribution is 0.372. The first-order chi connectivity index (χ1) is 8.79. The molecule has 18 heavy (non-hydrogen) atoms. The Hall–Kier alpha value is -0.460. The Labute approximate surface area is 114 Å². The molecule has 0 saturated heterocycles. The Bertz CT molecular complexity index is 220. The smallest absolute Gasteiger partial charge is 0.0882 e. The van der Waals surface area contributed by atoms with Gasteiger partial charge in [0.15, 0.2) is 0 Å². The molecule has 1 heteroatoms. The molecule has 0 aliphatic heterocycles. The molecule has 0 heterocycles. The minimum absolute atomic E-state index is 0.633. The van der Waals surface area contributed by atoms with E-state index in [2.05, 4.69) is 13.0 Å². The summed E-state index contributed by atoms with van der Waals surface area (Å²) in [5.74, 6) is 1.37. The SMILES string of the molecule is CC1C/C=C(/O)CCCCCCCCCCCC1. The van der Waals surface area contributed by atoms with Gasteiger partial charge in [0.2, 0.25) is 0 Å². The Morgan fingerprint density at radius 2 is 1.33 bits per heavy atom. The molecular weight excluding hydrogens is 220 g/mol. The molecule has 1 unspecified atom stereocenters. The third kappa shape index (κ3) is 8.60. The molecule has 0 aromatic rings. The number of rotatable bonds is 0. The molecule has 0 amide bonds. The molecule has 106 valence electrons. The molecule has 0 spiro atoms. The summed E-state index contributed by atoms with van der Waals surface area (Å²) in [6, 6.07) is 0. The lowest BCUT2D eigenvalue weighted by atomic mass is 9.97. The lowest BCUT2D eigenvalue weighted by Gasteiger charge is -2.10. The van der Waals surface area contributed by atoms with Gasteiger partial charge in [-0.2, -0.15) is 0 Å². The molecule has 0 aromatic heterocycles. The van der Waals surface area contributed by atoms with Gasteiger partial charge in [-0.3, -0.25) is 0 Å².